The molecule has 1 saturated carbocycles. The van der Waals surface area contributed by atoms with Gasteiger partial charge >= 0.3 is 6.29 Å². The molecular formula is C13H16ClF2NO3. The second-order valence-electron chi connectivity index (χ2n) is 5.05. The number of hydrogen-bond donors (Lipinski definition) is 2. The van der Waals surface area contributed by atoms with E-state index in [2.05, 4.69) is 9.47 Å². The highest BCUT2D eigenvalue weighted by Crippen LogP contribution is 2.46. The number of fused-ring (bicyclic) bond motifs is 1. The lowest BCUT2D eigenvalue weighted by molar-refractivity contribution is -0.287. The Hall–Kier alpha value is -1.11. The Morgan fingerprint density at radius 2 is 2.00 bits per heavy atom. The molecule has 112 valence electrons. The molecule has 3 N–H and O–H groups in total. The predicted octanol–water partition coefficient (Wildman–Crippen LogP) is 2.59. The Morgan fingerprint density at radius 1 is 1.30 bits per heavy atom. The molecule has 7 heteroatoms. The summed E-state index contributed by atoms with van der Waals surface area (Å²) < 4.78 is 35.0. The number of aliphatic hydroxyl groups is 1. The smallest absolute Gasteiger partial charge is 0.395 e. The van der Waals surface area contributed by atoms with Crippen molar-refractivity contribution in [3.05, 3.63) is 23.8 Å². The molecule has 2 atom stereocenters. The lowest BCUT2D eigenvalue weighted by atomic mass is 9.77. The summed E-state index contributed by atoms with van der Waals surface area (Å²) in [7, 11) is 0. The minimum atomic E-state index is -3.67. The molecule has 2 aliphatic rings. The van der Waals surface area contributed by atoms with Crippen LogP contribution in [0.15, 0.2) is 18.2 Å². The van der Waals surface area contributed by atoms with Gasteiger partial charge < -0.3 is 20.3 Å². The first-order chi connectivity index (χ1) is 8.98. The third-order valence-corrected chi connectivity index (χ3v) is 3.82. The zero-order valence-corrected chi connectivity index (χ0v) is 11.4. The first kappa shape index (κ1) is 15.3. The van der Waals surface area contributed by atoms with E-state index in [1.807, 2.05) is 0 Å². The fourth-order valence-electron chi connectivity index (χ4n) is 2.51. The molecule has 0 unspecified atom stereocenters. The Morgan fingerprint density at radius 3 is 2.60 bits per heavy atom. The van der Waals surface area contributed by atoms with Crippen molar-refractivity contribution in [3.8, 4) is 11.5 Å². The molecule has 1 fully saturated rings. The number of ether oxygens (including phenoxy) is 2. The number of alkyl halides is 2. The van der Waals surface area contributed by atoms with Gasteiger partial charge in [-0.3, -0.25) is 0 Å². The van der Waals surface area contributed by atoms with Crippen LogP contribution in [-0.2, 0) is 0 Å². The van der Waals surface area contributed by atoms with Gasteiger partial charge in [-0.25, -0.2) is 0 Å². The maximum absolute atomic E-state index is 13.1. The first-order valence-corrected chi connectivity index (χ1v) is 6.30. The fraction of sp³-hybridized carbons (Fsp3) is 0.538. The van der Waals surface area contributed by atoms with Crippen LogP contribution in [0.5, 0.6) is 11.5 Å². The molecule has 20 heavy (non-hydrogen) atoms. The summed E-state index contributed by atoms with van der Waals surface area (Å²) in [5, 5.41) is 10.1. The molecule has 1 aliphatic heterocycles. The van der Waals surface area contributed by atoms with E-state index in [-0.39, 0.29) is 29.8 Å². The molecule has 0 bridgehead atoms. The molecule has 4 nitrogen and oxygen atoms in total. The van der Waals surface area contributed by atoms with Crippen LogP contribution in [0.4, 0.5) is 8.78 Å². The van der Waals surface area contributed by atoms with Crippen molar-refractivity contribution in [2.45, 2.75) is 37.7 Å². The molecule has 1 aliphatic carbocycles. The van der Waals surface area contributed by atoms with Crippen molar-refractivity contribution in [1.29, 1.82) is 0 Å². The van der Waals surface area contributed by atoms with Gasteiger partial charge in [0.15, 0.2) is 11.5 Å². The van der Waals surface area contributed by atoms with Crippen molar-refractivity contribution in [3.63, 3.8) is 0 Å². The SMILES string of the molecule is Cl.N[C@H](c1cccc2c1OC(F)(F)O2)[C@@H](O)C1CCC1. The average Bonchev–Trinajstić information content (AvgIpc) is 2.59. The molecule has 0 aromatic heterocycles. The maximum Gasteiger partial charge on any atom is 0.586 e. The van der Waals surface area contributed by atoms with Gasteiger partial charge in [-0.05, 0) is 24.8 Å². The summed E-state index contributed by atoms with van der Waals surface area (Å²) in [6, 6.07) is 3.78. The van der Waals surface area contributed by atoms with Gasteiger partial charge in [0.25, 0.3) is 0 Å². The standard InChI is InChI=1S/C13H15F2NO3.ClH/c14-13(15)18-9-6-2-5-8(12(9)19-13)10(16)11(17)7-3-1-4-7;/h2,5-7,10-11,17H,1,3-4,16H2;1H/t10-,11+;/m1./s1. The molecule has 1 aromatic rings. The zero-order chi connectivity index (χ0) is 13.6. The van der Waals surface area contributed by atoms with Crippen LogP contribution in [0.2, 0.25) is 0 Å². The van der Waals surface area contributed by atoms with Crippen LogP contribution in [0.1, 0.15) is 30.9 Å². The number of rotatable bonds is 3. The van der Waals surface area contributed by atoms with Crippen molar-refractivity contribution < 1.29 is 23.4 Å². The van der Waals surface area contributed by atoms with Crippen LogP contribution >= 0.6 is 12.4 Å². The molecule has 0 amide bonds. The van der Waals surface area contributed by atoms with E-state index >= 15 is 0 Å². The van der Waals surface area contributed by atoms with Crippen LogP contribution in [-0.4, -0.2) is 17.5 Å². The van der Waals surface area contributed by atoms with E-state index in [4.69, 9.17) is 5.73 Å². The van der Waals surface area contributed by atoms with Crippen molar-refractivity contribution in [1.82, 2.24) is 0 Å². The van der Waals surface area contributed by atoms with Gasteiger partial charge in [0, 0.05) is 5.56 Å². The number of hydrogen-bond acceptors (Lipinski definition) is 4. The van der Waals surface area contributed by atoms with Crippen LogP contribution in [0.25, 0.3) is 0 Å². The van der Waals surface area contributed by atoms with Gasteiger partial charge in [-0.1, -0.05) is 18.6 Å². The second-order valence-corrected chi connectivity index (χ2v) is 5.05. The Kier molecular flexibility index (Phi) is 4.09. The fourth-order valence-corrected chi connectivity index (χ4v) is 2.51. The molecule has 0 spiro atoms. The molecule has 3 rings (SSSR count). The van der Waals surface area contributed by atoms with E-state index in [1.54, 1.807) is 12.1 Å². The van der Waals surface area contributed by atoms with E-state index in [1.165, 1.54) is 6.07 Å². The summed E-state index contributed by atoms with van der Waals surface area (Å²) in [5.74, 6) is 0.0193. The average molecular weight is 308 g/mol. The Bertz CT molecular complexity index is 497. The summed E-state index contributed by atoms with van der Waals surface area (Å²) in [5.41, 5.74) is 6.34. The summed E-state index contributed by atoms with van der Waals surface area (Å²) >= 11 is 0. The first-order valence-electron chi connectivity index (χ1n) is 6.30. The number of para-hydroxylation sites is 1. The van der Waals surface area contributed by atoms with Gasteiger partial charge in [0.2, 0.25) is 0 Å². The Balaban J connectivity index is 0.00000147. The van der Waals surface area contributed by atoms with Crippen LogP contribution in [0.3, 0.4) is 0 Å². The summed E-state index contributed by atoms with van der Waals surface area (Å²) in [6.45, 7) is 0. The third-order valence-electron chi connectivity index (χ3n) is 3.82. The topological polar surface area (TPSA) is 64.7 Å². The normalized spacial score (nSPS) is 22.6. The van der Waals surface area contributed by atoms with E-state index < -0.39 is 18.4 Å². The van der Waals surface area contributed by atoms with E-state index in [0.29, 0.717) is 5.56 Å². The van der Waals surface area contributed by atoms with E-state index in [9.17, 15) is 13.9 Å². The molecular weight excluding hydrogens is 292 g/mol. The minimum Gasteiger partial charge on any atom is -0.395 e. The molecule has 0 radical (unpaired) electrons. The van der Waals surface area contributed by atoms with Crippen molar-refractivity contribution >= 4 is 12.4 Å². The van der Waals surface area contributed by atoms with E-state index in [0.717, 1.165) is 19.3 Å². The number of benzene rings is 1. The van der Waals surface area contributed by atoms with Crippen molar-refractivity contribution in [2.24, 2.45) is 11.7 Å². The molecule has 1 heterocycles. The van der Waals surface area contributed by atoms with Crippen LogP contribution < -0.4 is 15.2 Å². The second kappa shape index (κ2) is 5.35. The highest BCUT2D eigenvalue weighted by molar-refractivity contribution is 5.85. The van der Waals surface area contributed by atoms with Crippen LogP contribution in [0, 0.1) is 5.92 Å². The highest BCUT2D eigenvalue weighted by atomic mass is 35.5. The van der Waals surface area contributed by atoms with Gasteiger partial charge in [0.1, 0.15) is 0 Å². The predicted molar refractivity (Wildman–Crippen MR) is 70.2 cm³/mol. The number of nitrogens with two attached hydrogens (primary N) is 1. The van der Waals surface area contributed by atoms with Crippen molar-refractivity contribution in [2.75, 3.05) is 0 Å². The molecule has 0 saturated heterocycles. The summed E-state index contributed by atoms with van der Waals surface area (Å²) in [6.07, 6.45) is -1.52. The quantitative estimate of drug-likeness (QED) is 0.901. The lowest BCUT2D eigenvalue weighted by Crippen LogP contribution is -2.36. The molecule has 1 aromatic carbocycles. The van der Waals surface area contributed by atoms with Gasteiger partial charge in [0.05, 0.1) is 12.1 Å². The number of halogens is 3. The largest absolute Gasteiger partial charge is 0.586 e. The monoisotopic (exact) mass is 307 g/mol. The van der Waals surface area contributed by atoms with Gasteiger partial charge in [-0.2, -0.15) is 0 Å². The number of aliphatic hydroxyl groups excluding tert-OH is 1. The lowest BCUT2D eigenvalue weighted by Gasteiger charge is -2.34. The van der Waals surface area contributed by atoms with Gasteiger partial charge in [-0.15, -0.1) is 21.2 Å². The minimum absolute atomic E-state index is 0. The Labute approximate surface area is 121 Å². The third kappa shape index (κ3) is 2.55. The summed E-state index contributed by atoms with van der Waals surface area (Å²) in [4.78, 5) is 0. The maximum atomic E-state index is 13.1. The zero-order valence-electron chi connectivity index (χ0n) is 10.6. The highest BCUT2D eigenvalue weighted by Gasteiger charge is 2.45.